The van der Waals surface area contributed by atoms with Gasteiger partial charge in [-0.3, -0.25) is 0 Å². The molecule has 0 aromatic rings. The van der Waals surface area contributed by atoms with E-state index in [9.17, 15) is 0 Å². The average Bonchev–Trinajstić information content (AvgIpc) is 2.69. The van der Waals surface area contributed by atoms with Gasteiger partial charge in [-0.05, 0) is 0 Å². The van der Waals surface area contributed by atoms with Gasteiger partial charge >= 0.3 is 0 Å². The molecule has 0 saturated heterocycles. The Balaban J connectivity index is 2.29. The molecule has 0 aliphatic heterocycles. The van der Waals surface area contributed by atoms with Crippen LogP contribution in [0.25, 0.3) is 0 Å². The molecule has 3 aliphatic carbocycles. The van der Waals surface area contributed by atoms with E-state index in [0.29, 0.717) is 0 Å². The van der Waals surface area contributed by atoms with E-state index in [1.54, 1.807) is 0 Å². The van der Waals surface area contributed by atoms with Crippen LogP contribution in [0.15, 0.2) is 10.1 Å². The molecule has 7 atom stereocenters. The molecule has 0 radical (unpaired) electrons. The van der Waals surface area contributed by atoms with Gasteiger partial charge in [0.1, 0.15) is 9.75 Å². The van der Waals surface area contributed by atoms with E-state index in [2.05, 4.69) is 0 Å². The Labute approximate surface area is 155 Å². The van der Waals surface area contributed by atoms with Crippen molar-refractivity contribution >= 4 is 104 Å². The standard InChI is InChI=1S/C10H5Cl9/c11-3-1-2(4(12)5(3)13)9(17)7(15)6(14)8(1,16)10(9,18)19/h1-5H/t1?,2?,3-,4+,5?,8?,9?. The second kappa shape index (κ2) is 4.46. The predicted molar refractivity (Wildman–Crippen MR) is 86.2 cm³/mol. The number of fused-ring (bicyclic) bond motifs is 5. The molecule has 3 rings (SSSR count). The molecule has 108 valence electrons. The van der Waals surface area contributed by atoms with Crippen LogP contribution in [0.2, 0.25) is 0 Å². The Morgan fingerprint density at radius 1 is 0.632 bits per heavy atom. The van der Waals surface area contributed by atoms with Crippen LogP contribution in [0.3, 0.4) is 0 Å². The monoisotopic (exact) mass is 440 g/mol. The molecule has 2 fully saturated rings. The molecule has 0 heterocycles. The van der Waals surface area contributed by atoms with Crippen molar-refractivity contribution < 1.29 is 0 Å². The lowest BCUT2D eigenvalue weighted by molar-refractivity contribution is 0.388. The Kier molecular flexibility index (Phi) is 3.80. The first kappa shape index (κ1) is 16.2. The number of rotatable bonds is 0. The Morgan fingerprint density at radius 2 is 0.947 bits per heavy atom. The smallest absolute Gasteiger partial charge is 0.121 e. The Bertz CT molecular complexity index is 447. The van der Waals surface area contributed by atoms with Crippen molar-refractivity contribution in [2.75, 3.05) is 0 Å². The maximum atomic E-state index is 6.63. The third-order valence-corrected chi connectivity index (χ3v) is 10.5. The third-order valence-electron chi connectivity index (χ3n) is 4.35. The molecular weight excluding hydrogens is 439 g/mol. The second-order valence-electron chi connectivity index (χ2n) is 5.01. The lowest BCUT2D eigenvalue weighted by atomic mass is 9.84. The van der Waals surface area contributed by atoms with E-state index in [4.69, 9.17) is 104 Å². The van der Waals surface area contributed by atoms with E-state index in [0.717, 1.165) is 0 Å². The predicted octanol–water partition coefficient (Wildman–Crippen LogP) is 5.90. The molecule has 19 heavy (non-hydrogen) atoms. The van der Waals surface area contributed by atoms with Crippen LogP contribution in [0, 0.1) is 11.8 Å². The largest absolute Gasteiger partial charge is 0.166 e. The lowest BCUT2D eigenvalue weighted by Gasteiger charge is -2.35. The molecule has 2 saturated carbocycles. The Morgan fingerprint density at radius 3 is 1.26 bits per heavy atom. The lowest BCUT2D eigenvalue weighted by Crippen LogP contribution is -2.48. The molecular formula is C10H5Cl9. The molecule has 0 aromatic heterocycles. The summed E-state index contributed by atoms with van der Waals surface area (Å²) in [6.07, 6.45) is 0. The van der Waals surface area contributed by atoms with Crippen LogP contribution in [-0.4, -0.2) is 30.2 Å². The van der Waals surface area contributed by atoms with Crippen LogP contribution in [0.5, 0.6) is 0 Å². The summed E-state index contributed by atoms with van der Waals surface area (Å²) in [4.78, 5) is -2.77. The van der Waals surface area contributed by atoms with Crippen molar-refractivity contribution in [3.63, 3.8) is 0 Å². The highest BCUT2D eigenvalue weighted by atomic mass is 35.5. The van der Waals surface area contributed by atoms with Crippen molar-refractivity contribution in [3.8, 4) is 0 Å². The fourth-order valence-corrected chi connectivity index (χ4v) is 8.08. The van der Waals surface area contributed by atoms with Crippen molar-refractivity contribution in [3.05, 3.63) is 10.1 Å². The summed E-state index contributed by atoms with van der Waals surface area (Å²) in [6, 6.07) is 0. The maximum absolute atomic E-state index is 6.63. The zero-order valence-corrected chi connectivity index (χ0v) is 15.6. The fraction of sp³-hybridized carbons (Fsp3) is 0.800. The molecule has 2 bridgehead atoms. The maximum Gasteiger partial charge on any atom is 0.166 e. The van der Waals surface area contributed by atoms with Gasteiger partial charge in [-0.15, -0.1) is 58.0 Å². The normalized spacial score (nSPS) is 58.9. The summed E-state index contributed by atoms with van der Waals surface area (Å²) in [7, 11) is 0. The molecule has 0 spiro atoms. The molecule has 5 unspecified atom stereocenters. The minimum Gasteiger partial charge on any atom is -0.121 e. The van der Waals surface area contributed by atoms with Crippen LogP contribution >= 0.6 is 104 Å². The summed E-state index contributed by atoms with van der Waals surface area (Å²) in [5.74, 6) is -0.910. The first-order valence-corrected chi connectivity index (χ1v) is 8.86. The number of hydrogen-bond acceptors (Lipinski definition) is 0. The van der Waals surface area contributed by atoms with Crippen molar-refractivity contribution in [1.29, 1.82) is 0 Å². The summed E-state index contributed by atoms with van der Waals surface area (Å²) in [5.41, 5.74) is 0. The number of halogens is 9. The minimum absolute atomic E-state index is 0.123. The topological polar surface area (TPSA) is 0 Å². The van der Waals surface area contributed by atoms with E-state index >= 15 is 0 Å². The summed E-state index contributed by atoms with van der Waals surface area (Å²) in [5, 5.41) is -1.38. The SMILES string of the molecule is ClC1=C(Cl)C2(Cl)C3C([C@H](Cl)C(Cl)[C@@H]3Cl)C1(Cl)C2(Cl)Cl. The van der Waals surface area contributed by atoms with Crippen LogP contribution in [0.4, 0.5) is 0 Å². The van der Waals surface area contributed by atoms with E-state index in [1.165, 1.54) is 0 Å². The van der Waals surface area contributed by atoms with Crippen molar-refractivity contribution in [2.24, 2.45) is 11.8 Å². The summed E-state index contributed by atoms with van der Waals surface area (Å²) in [6.45, 7) is 0. The molecule has 0 aromatic carbocycles. The molecule has 9 heteroatoms. The summed E-state index contributed by atoms with van der Waals surface area (Å²) < 4.78 is -1.61. The molecule has 0 N–H and O–H groups in total. The van der Waals surface area contributed by atoms with Crippen molar-refractivity contribution in [1.82, 2.24) is 0 Å². The molecule has 3 aliphatic rings. The third kappa shape index (κ3) is 1.47. The van der Waals surface area contributed by atoms with Crippen LogP contribution < -0.4 is 0 Å². The number of alkyl halides is 7. The van der Waals surface area contributed by atoms with Crippen LogP contribution in [0.1, 0.15) is 0 Å². The molecule has 0 amide bonds. The highest BCUT2D eigenvalue weighted by Crippen LogP contribution is 2.79. The number of hydrogen-bond donors (Lipinski definition) is 0. The molecule has 0 nitrogen and oxygen atoms in total. The average molecular weight is 444 g/mol. The first-order valence-electron chi connectivity index (χ1n) is 5.28. The Hall–Kier alpha value is 2.35. The highest BCUT2D eigenvalue weighted by molar-refractivity contribution is 6.66. The van der Waals surface area contributed by atoms with Gasteiger partial charge in [-0.2, -0.15) is 0 Å². The second-order valence-corrected chi connectivity index (χ2v) is 9.80. The van der Waals surface area contributed by atoms with Gasteiger partial charge < -0.3 is 0 Å². The first-order chi connectivity index (χ1) is 8.54. The minimum atomic E-state index is -1.61. The van der Waals surface area contributed by atoms with Gasteiger partial charge in [0.2, 0.25) is 0 Å². The zero-order valence-electron chi connectivity index (χ0n) is 8.79. The fourth-order valence-electron chi connectivity index (χ4n) is 3.47. The van der Waals surface area contributed by atoms with Gasteiger partial charge in [-0.25, -0.2) is 0 Å². The van der Waals surface area contributed by atoms with Gasteiger partial charge in [0.15, 0.2) is 4.33 Å². The highest BCUT2D eigenvalue weighted by Gasteiger charge is 2.86. The van der Waals surface area contributed by atoms with E-state index in [1.807, 2.05) is 0 Å². The van der Waals surface area contributed by atoms with E-state index in [-0.39, 0.29) is 10.1 Å². The summed E-state index contributed by atoms with van der Waals surface area (Å²) >= 11 is 57.4. The quantitative estimate of drug-likeness (QED) is 0.409. The van der Waals surface area contributed by atoms with Gasteiger partial charge in [0.25, 0.3) is 0 Å². The zero-order chi connectivity index (χ0) is 14.5. The van der Waals surface area contributed by atoms with Gasteiger partial charge in [0, 0.05) is 11.8 Å². The van der Waals surface area contributed by atoms with Gasteiger partial charge in [0.05, 0.1) is 26.2 Å². The van der Waals surface area contributed by atoms with E-state index < -0.39 is 42.0 Å². The van der Waals surface area contributed by atoms with Gasteiger partial charge in [-0.1, -0.05) is 46.4 Å². The van der Waals surface area contributed by atoms with Crippen LogP contribution in [-0.2, 0) is 0 Å². The number of allylic oxidation sites excluding steroid dienone is 2. The van der Waals surface area contributed by atoms with Crippen molar-refractivity contribution in [2.45, 2.75) is 30.2 Å².